The van der Waals surface area contributed by atoms with E-state index in [1.807, 2.05) is 0 Å². The Labute approximate surface area is 182 Å². The molecule has 5 nitrogen and oxygen atoms in total. The fourth-order valence-corrected chi connectivity index (χ4v) is 4.08. The Bertz CT molecular complexity index is 999. The quantitative estimate of drug-likeness (QED) is 0.484. The average molecular weight is 474 g/mol. The van der Waals surface area contributed by atoms with E-state index in [0.29, 0.717) is 61.8 Å². The van der Waals surface area contributed by atoms with Crippen LogP contribution in [0.15, 0.2) is 46.9 Å². The molecule has 2 heterocycles. The molecule has 2 aromatic carbocycles. The van der Waals surface area contributed by atoms with E-state index in [2.05, 4.69) is 15.9 Å². The Morgan fingerprint density at radius 3 is 2.53 bits per heavy atom. The highest BCUT2D eigenvalue weighted by Crippen LogP contribution is 2.32. The van der Waals surface area contributed by atoms with Crippen molar-refractivity contribution in [3.63, 3.8) is 0 Å². The monoisotopic (exact) mass is 473 g/mol. The smallest absolute Gasteiger partial charge is 0.246 e. The number of benzene rings is 2. The van der Waals surface area contributed by atoms with Crippen LogP contribution in [0.3, 0.4) is 0 Å². The first-order chi connectivity index (χ1) is 14.5. The van der Waals surface area contributed by atoms with Crippen molar-refractivity contribution in [2.24, 2.45) is 5.92 Å². The maximum Gasteiger partial charge on any atom is 0.246 e. The van der Waals surface area contributed by atoms with Gasteiger partial charge >= 0.3 is 0 Å². The molecule has 2 aliphatic heterocycles. The van der Waals surface area contributed by atoms with Crippen LogP contribution in [0.2, 0.25) is 0 Å². The van der Waals surface area contributed by atoms with Crippen LogP contribution in [-0.2, 0) is 4.79 Å². The van der Waals surface area contributed by atoms with Gasteiger partial charge in [-0.05, 0) is 55.3 Å². The molecule has 0 unspecified atom stereocenters. The van der Waals surface area contributed by atoms with E-state index in [1.165, 1.54) is 18.2 Å². The molecule has 1 fully saturated rings. The highest BCUT2D eigenvalue weighted by atomic mass is 79.9. The van der Waals surface area contributed by atoms with Gasteiger partial charge in [0.05, 0.1) is 0 Å². The molecule has 0 N–H and O–H groups in total. The summed E-state index contributed by atoms with van der Waals surface area (Å²) in [6.07, 6.45) is 4.05. The molecule has 156 valence electrons. The summed E-state index contributed by atoms with van der Waals surface area (Å²) in [4.78, 5) is 27.0. The third-order valence-corrected chi connectivity index (χ3v) is 5.86. The van der Waals surface area contributed by atoms with Crippen LogP contribution < -0.4 is 9.47 Å². The molecular weight excluding hydrogens is 453 g/mol. The lowest BCUT2D eigenvalue weighted by Gasteiger charge is -2.30. The zero-order valence-electron chi connectivity index (χ0n) is 16.3. The second kappa shape index (κ2) is 9.00. The SMILES string of the molecule is O=C(c1ccc2c(c1)OCCO2)C1CCN(C(=O)C=Cc2cc(Br)ccc2F)CC1. The Kier molecular flexibility index (Phi) is 6.18. The van der Waals surface area contributed by atoms with Gasteiger partial charge in [-0.15, -0.1) is 0 Å². The third kappa shape index (κ3) is 4.56. The predicted octanol–water partition coefficient (Wildman–Crippen LogP) is 4.49. The minimum Gasteiger partial charge on any atom is -0.486 e. The maximum absolute atomic E-state index is 13.8. The number of amides is 1. The molecule has 7 heteroatoms. The number of halogens is 2. The fraction of sp³-hybridized carbons (Fsp3) is 0.304. The molecule has 0 aromatic heterocycles. The summed E-state index contributed by atoms with van der Waals surface area (Å²) in [5.41, 5.74) is 0.954. The van der Waals surface area contributed by atoms with Crippen LogP contribution in [0.4, 0.5) is 4.39 Å². The van der Waals surface area contributed by atoms with Crippen molar-refractivity contribution >= 4 is 33.7 Å². The molecule has 0 aliphatic carbocycles. The summed E-state index contributed by atoms with van der Waals surface area (Å²) in [7, 11) is 0. The zero-order valence-corrected chi connectivity index (χ0v) is 17.9. The number of piperidine rings is 1. The third-order valence-electron chi connectivity index (χ3n) is 5.37. The summed E-state index contributed by atoms with van der Waals surface area (Å²) >= 11 is 3.30. The second-order valence-corrected chi connectivity index (χ2v) is 8.24. The molecule has 0 bridgehead atoms. The number of rotatable bonds is 4. The number of hydrogen-bond donors (Lipinski definition) is 0. The van der Waals surface area contributed by atoms with Gasteiger partial charge < -0.3 is 14.4 Å². The Morgan fingerprint density at radius 2 is 1.77 bits per heavy atom. The highest BCUT2D eigenvalue weighted by molar-refractivity contribution is 9.10. The van der Waals surface area contributed by atoms with Gasteiger partial charge in [0.15, 0.2) is 17.3 Å². The summed E-state index contributed by atoms with van der Waals surface area (Å²) in [5, 5.41) is 0. The molecule has 0 radical (unpaired) electrons. The molecule has 0 atom stereocenters. The summed E-state index contributed by atoms with van der Waals surface area (Å²) in [5.74, 6) is 0.621. The number of ketones is 1. The molecule has 2 aromatic rings. The molecular formula is C23H21BrFNO4. The molecule has 2 aliphatic rings. The average Bonchev–Trinajstić information content (AvgIpc) is 2.78. The van der Waals surface area contributed by atoms with Crippen LogP contribution in [0.25, 0.3) is 6.08 Å². The van der Waals surface area contributed by atoms with Crippen molar-refractivity contribution in [2.45, 2.75) is 12.8 Å². The van der Waals surface area contributed by atoms with E-state index < -0.39 is 0 Å². The van der Waals surface area contributed by atoms with E-state index in [0.717, 1.165) is 4.47 Å². The van der Waals surface area contributed by atoms with E-state index in [9.17, 15) is 14.0 Å². The highest BCUT2D eigenvalue weighted by Gasteiger charge is 2.28. The van der Waals surface area contributed by atoms with Crippen molar-refractivity contribution in [3.05, 3.63) is 63.9 Å². The van der Waals surface area contributed by atoms with Crippen LogP contribution >= 0.6 is 15.9 Å². The van der Waals surface area contributed by atoms with E-state index in [-0.39, 0.29) is 23.4 Å². The van der Waals surface area contributed by atoms with E-state index >= 15 is 0 Å². The van der Waals surface area contributed by atoms with Gasteiger partial charge in [0, 0.05) is 40.7 Å². The van der Waals surface area contributed by atoms with Gasteiger partial charge in [0.1, 0.15) is 19.0 Å². The van der Waals surface area contributed by atoms with Crippen LogP contribution in [0.1, 0.15) is 28.8 Å². The van der Waals surface area contributed by atoms with Gasteiger partial charge in [-0.2, -0.15) is 0 Å². The fourth-order valence-electron chi connectivity index (χ4n) is 3.70. The van der Waals surface area contributed by atoms with E-state index in [4.69, 9.17) is 9.47 Å². The first-order valence-corrected chi connectivity index (χ1v) is 10.7. The minimum absolute atomic E-state index is 0.0609. The van der Waals surface area contributed by atoms with Crippen LogP contribution in [0.5, 0.6) is 11.5 Å². The number of carbonyl (C=O) groups is 2. The topological polar surface area (TPSA) is 55.8 Å². The number of hydrogen-bond acceptors (Lipinski definition) is 4. The summed E-state index contributed by atoms with van der Waals surface area (Å²) in [6, 6.07) is 9.86. The van der Waals surface area contributed by atoms with Gasteiger partial charge in [0.2, 0.25) is 5.91 Å². The summed E-state index contributed by atoms with van der Waals surface area (Å²) in [6.45, 7) is 1.97. The number of nitrogens with zero attached hydrogens (tertiary/aromatic N) is 1. The van der Waals surface area contributed by atoms with Gasteiger partial charge in [-0.1, -0.05) is 15.9 Å². The van der Waals surface area contributed by atoms with Gasteiger partial charge in [0.25, 0.3) is 0 Å². The standard InChI is InChI=1S/C23H21BrFNO4/c24-18-3-4-19(25)16(13-18)2-6-22(27)26-9-7-15(8-10-26)23(28)17-1-5-20-21(14-17)30-12-11-29-20/h1-6,13-15H,7-12H2. The lowest BCUT2D eigenvalue weighted by molar-refractivity contribution is -0.127. The van der Waals surface area contributed by atoms with Crippen molar-refractivity contribution in [3.8, 4) is 11.5 Å². The number of carbonyl (C=O) groups excluding carboxylic acids is 2. The lowest BCUT2D eigenvalue weighted by atomic mass is 9.88. The van der Waals surface area contributed by atoms with Crippen molar-refractivity contribution in [2.75, 3.05) is 26.3 Å². The number of ether oxygens (including phenoxy) is 2. The van der Waals surface area contributed by atoms with Gasteiger partial charge in [-0.3, -0.25) is 9.59 Å². The Hall–Kier alpha value is -2.67. The molecule has 4 rings (SSSR count). The lowest BCUT2D eigenvalue weighted by Crippen LogP contribution is -2.39. The van der Waals surface area contributed by atoms with Crippen molar-refractivity contribution < 1.29 is 23.5 Å². The normalized spacial score (nSPS) is 16.7. The molecule has 30 heavy (non-hydrogen) atoms. The molecule has 0 saturated carbocycles. The van der Waals surface area contributed by atoms with Crippen molar-refractivity contribution in [1.82, 2.24) is 4.90 Å². The predicted molar refractivity (Wildman–Crippen MR) is 114 cm³/mol. The number of Topliss-reactive ketones (excluding diaryl/α,β-unsaturated/α-hetero) is 1. The van der Waals surface area contributed by atoms with Crippen LogP contribution in [0, 0.1) is 11.7 Å². The molecule has 0 spiro atoms. The second-order valence-electron chi connectivity index (χ2n) is 7.32. The van der Waals surface area contributed by atoms with E-state index in [1.54, 1.807) is 35.2 Å². The Morgan fingerprint density at radius 1 is 1.03 bits per heavy atom. The molecule has 1 saturated heterocycles. The molecule has 1 amide bonds. The first kappa shape index (κ1) is 20.6. The first-order valence-electron chi connectivity index (χ1n) is 9.87. The largest absolute Gasteiger partial charge is 0.486 e. The summed E-state index contributed by atoms with van der Waals surface area (Å²) < 4.78 is 25.6. The number of fused-ring (bicyclic) bond motifs is 1. The number of likely N-dealkylation sites (tertiary alicyclic amines) is 1. The van der Waals surface area contributed by atoms with Crippen LogP contribution in [-0.4, -0.2) is 42.9 Å². The van der Waals surface area contributed by atoms with Gasteiger partial charge in [-0.25, -0.2) is 4.39 Å². The Balaban J connectivity index is 1.35. The minimum atomic E-state index is -0.383. The maximum atomic E-state index is 13.8. The zero-order chi connectivity index (χ0) is 21.1. The van der Waals surface area contributed by atoms with Crippen molar-refractivity contribution in [1.29, 1.82) is 0 Å².